The molecule has 0 aromatic heterocycles. The molecule has 30 heavy (non-hydrogen) atoms. The van der Waals surface area contributed by atoms with Crippen LogP contribution in [-0.4, -0.2) is 36.6 Å². The van der Waals surface area contributed by atoms with Gasteiger partial charge in [0.2, 0.25) is 0 Å². The molecular weight excluding hydrogens is 386 g/mol. The van der Waals surface area contributed by atoms with E-state index in [1.807, 2.05) is 78.9 Å². The molecule has 0 saturated carbocycles. The van der Waals surface area contributed by atoms with Crippen LogP contribution in [0.1, 0.15) is 39.1 Å². The summed E-state index contributed by atoms with van der Waals surface area (Å²) in [5.41, 5.74) is 2.24. The molecule has 0 aliphatic carbocycles. The summed E-state index contributed by atoms with van der Waals surface area (Å²) in [5, 5.41) is 0. The molecular formula is C26H25BO2P. The molecule has 149 valence electrons. The van der Waals surface area contributed by atoms with Crippen LogP contribution in [0, 0.1) is 0 Å². The van der Waals surface area contributed by atoms with Crippen molar-refractivity contribution in [3.05, 3.63) is 108 Å². The fourth-order valence-corrected chi connectivity index (χ4v) is 8.19. The summed E-state index contributed by atoms with van der Waals surface area (Å²) in [5.74, 6) is 0.200. The van der Waals surface area contributed by atoms with Crippen LogP contribution in [0.4, 0.5) is 0 Å². The van der Waals surface area contributed by atoms with Gasteiger partial charge in [0.25, 0.3) is 0 Å². The molecule has 4 rings (SSSR count). The predicted molar refractivity (Wildman–Crippen MR) is 126 cm³/mol. The van der Waals surface area contributed by atoms with Crippen molar-refractivity contribution in [2.75, 3.05) is 6.16 Å². The molecule has 2 nitrogen and oxygen atoms in total. The van der Waals surface area contributed by atoms with Gasteiger partial charge in [-0.2, -0.15) is 0 Å². The normalized spacial score (nSPS) is 19.6. The van der Waals surface area contributed by atoms with Crippen LogP contribution >= 0.6 is 7.14 Å². The number of hydrogen-bond acceptors (Lipinski definition) is 2. The van der Waals surface area contributed by atoms with Gasteiger partial charge in [0.15, 0.2) is 11.6 Å². The van der Waals surface area contributed by atoms with Crippen LogP contribution in [0.2, 0.25) is 0 Å². The van der Waals surface area contributed by atoms with E-state index in [1.54, 1.807) is 0 Å². The Balaban J connectivity index is 1.54. The van der Waals surface area contributed by atoms with E-state index in [1.165, 1.54) is 5.56 Å². The molecule has 3 aromatic rings. The molecule has 0 spiro atoms. The van der Waals surface area contributed by atoms with E-state index in [0.29, 0.717) is 17.5 Å². The first-order chi connectivity index (χ1) is 14.6. The fraction of sp³-hybridized carbons (Fsp3) is 0.231. The highest BCUT2D eigenvalue weighted by molar-refractivity contribution is 8.00. The van der Waals surface area contributed by atoms with Crippen LogP contribution in [0.5, 0.6) is 0 Å². The Labute approximate surface area is 180 Å². The maximum atomic E-state index is 13.2. The van der Waals surface area contributed by atoms with Gasteiger partial charge >= 0.3 is 0 Å². The second kappa shape index (κ2) is 9.10. The third kappa shape index (κ3) is 4.18. The average molecular weight is 411 g/mol. The molecule has 3 aromatic carbocycles. The molecule has 1 heterocycles. The number of carbonyl (C=O) groups excluding carboxylic acids is 2. The summed E-state index contributed by atoms with van der Waals surface area (Å²) in [6.45, 7) is 0. The Morgan fingerprint density at radius 3 is 1.63 bits per heavy atom. The minimum Gasteiger partial charge on any atom is -0.305 e. The summed E-state index contributed by atoms with van der Waals surface area (Å²) >= 11 is 0. The standard InChI is InChI=1S/C26H25BO2P/c27-30(18-10-13-20-11-4-1-5-12-20)23(25(28)21-14-6-2-7-15-21)19-24(30)26(29)22-16-8-3-9-17-22/h1-9,11-12,14-17,23-24H,10,13,18-19H2/t23-,24-/m0/s1. The van der Waals surface area contributed by atoms with Crippen molar-refractivity contribution in [1.82, 2.24) is 0 Å². The molecule has 3 radical (unpaired) electrons. The van der Waals surface area contributed by atoms with Crippen LogP contribution in [0.25, 0.3) is 0 Å². The smallest absolute Gasteiger partial charge is 0.198 e. The fourth-order valence-electron chi connectivity index (χ4n) is 4.44. The van der Waals surface area contributed by atoms with E-state index in [2.05, 4.69) is 12.1 Å². The molecule has 0 unspecified atom stereocenters. The molecule has 1 aliphatic rings. The van der Waals surface area contributed by atoms with Crippen molar-refractivity contribution in [3.63, 3.8) is 0 Å². The van der Waals surface area contributed by atoms with E-state index in [0.717, 1.165) is 19.0 Å². The van der Waals surface area contributed by atoms with Gasteiger partial charge in [-0.25, -0.2) is 7.14 Å². The maximum absolute atomic E-state index is 13.2. The first-order valence-electron chi connectivity index (χ1n) is 10.5. The first-order valence-corrected chi connectivity index (χ1v) is 12.7. The van der Waals surface area contributed by atoms with Gasteiger partial charge in [0.05, 0.1) is 11.3 Å². The summed E-state index contributed by atoms with van der Waals surface area (Å²) in [7, 11) is 4.76. The molecule has 2 atom stereocenters. The van der Waals surface area contributed by atoms with Gasteiger partial charge in [0.1, 0.15) is 0 Å². The highest BCUT2D eigenvalue weighted by Gasteiger charge is 2.55. The number of carbonyl (C=O) groups is 2. The lowest BCUT2D eigenvalue weighted by atomic mass is 9.99. The number of rotatable bonds is 8. The number of hydrogen-bond donors (Lipinski definition) is 0. The Morgan fingerprint density at radius 1 is 0.733 bits per heavy atom. The van der Waals surface area contributed by atoms with Gasteiger partial charge in [0, 0.05) is 23.7 Å². The van der Waals surface area contributed by atoms with E-state index in [9.17, 15) is 9.59 Å². The topological polar surface area (TPSA) is 34.1 Å². The highest BCUT2D eigenvalue weighted by Crippen LogP contribution is 2.74. The van der Waals surface area contributed by atoms with E-state index < -0.39 is 7.14 Å². The quantitative estimate of drug-likeness (QED) is 0.274. The monoisotopic (exact) mass is 411 g/mol. The Kier molecular flexibility index (Phi) is 6.30. The van der Waals surface area contributed by atoms with Crippen LogP contribution in [-0.2, 0) is 6.42 Å². The lowest BCUT2D eigenvalue weighted by Gasteiger charge is -2.57. The maximum Gasteiger partial charge on any atom is 0.198 e. The second-order valence-corrected chi connectivity index (χ2v) is 11.7. The SMILES string of the molecule is [B-][P+]1(CCCc2ccccc2)[C@H](C(=O)c2ccccc2)C[C@H]1C(=O)c1ccccc1. The van der Waals surface area contributed by atoms with Gasteiger partial charge in [-0.3, -0.25) is 9.59 Å². The Hall–Kier alpha value is -2.51. The van der Waals surface area contributed by atoms with Gasteiger partial charge < -0.3 is 7.57 Å². The lowest BCUT2D eigenvalue weighted by molar-refractivity contribution is 0.0944. The summed E-state index contributed by atoms with van der Waals surface area (Å²) in [6, 6.07) is 29.0. The Morgan fingerprint density at radius 2 is 1.17 bits per heavy atom. The van der Waals surface area contributed by atoms with Crippen molar-refractivity contribution in [3.8, 4) is 0 Å². The summed E-state index contributed by atoms with van der Waals surface area (Å²) in [4.78, 5) is 26.4. The number of ketones is 2. The van der Waals surface area contributed by atoms with Crippen LogP contribution in [0.3, 0.4) is 0 Å². The molecule has 0 N–H and O–H groups in total. The van der Waals surface area contributed by atoms with Gasteiger partial charge in [-0.15, -0.1) is 0 Å². The minimum absolute atomic E-state index is 0.100. The number of benzene rings is 3. The predicted octanol–water partition coefficient (Wildman–Crippen LogP) is 5.63. The van der Waals surface area contributed by atoms with Crippen molar-refractivity contribution < 1.29 is 9.59 Å². The second-order valence-electron chi connectivity index (χ2n) is 8.04. The minimum atomic E-state index is -2.24. The summed E-state index contributed by atoms with van der Waals surface area (Å²) < 4.78 is 0. The van der Waals surface area contributed by atoms with E-state index in [-0.39, 0.29) is 22.9 Å². The molecule has 1 fully saturated rings. The zero-order chi connectivity index (χ0) is 21.0. The Bertz CT molecular complexity index is 947. The van der Waals surface area contributed by atoms with Crippen molar-refractivity contribution in [2.24, 2.45) is 0 Å². The zero-order valence-corrected chi connectivity index (χ0v) is 17.9. The van der Waals surface area contributed by atoms with Gasteiger partial charge in [-0.05, 0) is 18.4 Å². The van der Waals surface area contributed by atoms with Crippen molar-refractivity contribution >= 4 is 26.3 Å². The van der Waals surface area contributed by atoms with Crippen molar-refractivity contribution in [1.29, 1.82) is 0 Å². The zero-order valence-electron chi connectivity index (χ0n) is 17.0. The molecule has 1 aliphatic heterocycles. The largest absolute Gasteiger partial charge is 0.305 e. The number of Topliss-reactive ketones (excluding diaryl/α,β-unsaturated/α-hetero) is 2. The molecule has 0 bridgehead atoms. The third-order valence-corrected chi connectivity index (χ3v) is 10.5. The summed E-state index contributed by atoms with van der Waals surface area (Å²) in [6.07, 6.45) is 3.13. The average Bonchev–Trinajstić information content (AvgIpc) is 2.80. The lowest BCUT2D eigenvalue weighted by Crippen LogP contribution is -2.48. The van der Waals surface area contributed by atoms with Crippen LogP contribution < -0.4 is 0 Å². The van der Waals surface area contributed by atoms with Crippen LogP contribution in [0.15, 0.2) is 91.0 Å². The van der Waals surface area contributed by atoms with Crippen molar-refractivity contribution in [2.45, 2.75) is 30.6 Å². The first kappa shape index (κ1) is 20.8. The molecule has 1 saturated heterocycles. The molecule has 4 heteroatoms. The van der Waals surface area contributed by atoms with Gasteiger partial charge in [-0.1, -0.05) is 91.0 Å². The molecule has 0 amide bonds. The van der Waals surface area contributed by atoms with E-state index in [4.69, 9.17) is 7.57 Å². The number of aryl methyl sites for hydroxylation is 1. The third-order valence-electron chi connectivity index (χ3n) is 6.18. The highest BCUT2D eigenvalue weighted by atomic mass is 31.2. The van der Waals surface area contributed by atoms with E-state index >= 15 is 0 Å².